The summed E-state index contributed by atoms with van der Waals surface area (Å²) < 4.78 is 0. The fourth-order valence-corrected chi connectivity index (χ4v) is 2.52. The van der Waals surface area contributed by atoms with Crippen molar-refractivity contribution in [1.82, 2.24) is 0 Å². The van der Waals surface area contributed by atoms with Crippen LogP contribution in [-0.4, -0.2) is 16.6 Å². The molecule has 2 aromatic rings. The fraction of sp³-hybridized carbons (Fsp3) is 0.125. The zero-order chi connectivity index (χ0) is 15.9. The molecule has 1 aliphatic rings. The molecule has 0 N–H and O–H groups in total. The van der Waals surface area contributed by atoms with E-state index in [2.05, 4.69) is 0 Å². The summed E-state index contributed by atoms with van der Waals surface area (Å²) >= 11 is 0. The maximum Gasteiger partial charge on any atom is 0.299 e. The Balaban J connectivity index is 2.02. The molecule has 0 aliphatic carbocycles. The molecule has 0 unspecified atom stereocenters. The number of nitro benzene ring substituents is 1. The van der Waals surface area contributed by atoms with Gasteiger partial charge >= 0.3 is 0 Å². The van der Waals surface area contributed by atoms with Crippen LogP contribution in [-0.2, 0) is 11.3 Å². The number of rotatable bonds is 3. The van der Waals surface area contributed by atoms with Crippen LogP contribution in [0.15, 0.2) is 42.5 Å². The molecule has 0 spiro atoms. The summed E-state index contributed by atoms with van der Waals surface area (Å²) in [5, 5.41) is 10.8. The number of carbonyl (C=O) groups excluding carboxylic acids is 2. The van der Waals surface area contributed by atoms with E-state index in [1.165, 1.54) is 17.0 Å². The monoisotopic (exact) mass is 296 g/mol. The highest BCUT2D eigenvalue weighted by molar-refractivity contribution is 6.52. The first-order valence-corrected chi connectivity index (χ1v) is 6.68. The van der Waals surface area contributed by atoms with Crippen molar-refractivity contribution in [2.45, 2.75) is 13.5 Å². The normalized spacial score (nSPS) is 13.4. The van der Waals surface area contributed by atoms with Crippen LogP contribution in [0.25, 0.3) is 0 Å². The highest BCUT2D eigenvalue weighted by Gasteiger charge is 2.37. The predicted octanol–water partition coefficient (Wildman–Crippen LogP) is 2.63. The standard InChI is InChI=1S/C16H12N2O4/c1-10-4-2-3-5-11(10)9-17-14-7-6-12(18(21)22)8-13(14)15(19)16(17)20/h2-8H,9H2,1H3. The number of Topliss-reactive ketones (excluding diaryl/α,β-unsaturated/α-hetero) is 1. The third kappa shape index (κ3) is 2.14. The molecule has 0 atom stereocenters. The number of ketones is 1. The summed E-state index contributed by atoms with van der Waals surface area (Å²) in [5.41, 5.74) is 2.25. The van der Waals surface area contributed by atoms with Crippen molar-refractivity contribution in [3.8, 4) is 0 Å². The number of hydrogen-bond donors (Lipinski definition) is 0. The van der Waals surface area contributed by atoms with Gasteiger partial charge in [-0.25, -0.2) is 0 Å². The van der Waals surface area contributed by atoms with Crippen molar-refractivity contribution in [2.75, 3.05) is 4.90 Å². The second kappa shape index (κ2) is 5.07. The van der Waals surface area contributed by atoms with E-state index in [-0.39, 0.29) is 17.8 Å². The number of carbonyl (C=O) groups is 2. The SMILES string of the molecule is Cc1ccccc1CN1C(=O)C(=O)c2cc([N+](=O)[O-])ccc21. The van der Waals surface area contributed by atoms with Gasteiger partial charge in [0, 0.05) is 12.1 Å². The van der Waals surface area contributed by atoms with Gasteiger partial charge in [-0.15, -0.1) is 0 Å². The van der Waals surface area contributed by atoms with Gasteiger partial charge in [0.15, 0.2) is 0 Å². The smallest absolute Gasteiger partial charge is 0.299 e. The molecule has 0 fully saturated rings. The minimum absolute atomic E-state index is 0.0905. The molecule has 0 aromatic heterocycles. The van der Waals surface area contributed by atoms with E-state index in [0.717, 1.165) is 17.2 Å². The molecule has 0 saturated heterocycles. The molecule has 1 aliphatic heterocycles. The molecule has 1 amide bonds. The predicted molar refractivity (Wildman–Crippen MR) is 79.8 cm³/mol. The minimum atomic E-state index is -0.702. The van der Waals surface area contributed by atoms with Gasteiger partial charge in [0.1, 0.15) is 0 Å². The number of fused-ring (bicyclic) bond motifs is 1. The Morgan fingerprint density at radius 3 is 2.55 bits per heavy atom. The number of nitrogens with zero attached hydrogens (tertiary/aromatic N) is 2. The Bertz CT molecular complexity index is 814. The molecule has 110 valence electrons. The molecule has 6 heteroatoms. The van der Waals surface area contributed by atoms with Crippen molar-refractivity contribution in [1.29, 1.82) is 0 Å². The van der Waals surface area contributed by atoms with Crippen molar-refractivity contribution < 1.29 is 14.5 Å². The van der Waals surface area contributed by atoms with Crippen LogP contribution >= 0.6 is 0 Å². The van der Waals surface area contributed by atoms with Crippen LogP contribution in [0.1, 0.15) is 21.5 Å². The van der Waals surface area contributed by atoms with Crippen molar-refractivity contribution in [3.05, 3.63) is 69.3 Å². The average Bonchev–Trinajstić information content (AvgIpc) is 2.74. The molecule has 3 rings (SSSR count). The van der Waals surface area contributed by atoms with Crippen molar-refractivity contribution in [3.63, 3.8) is 0 Å². The molecule has 0 radical (unpaired) electrons. The van der Waals surface area contributed by atoms with Gasteiger partial charge in [-0.1, -0.05) is 24.3 Å². The van der Waals surface area contributed by atoms with E-state index in [1.807, 2.05) is 31.2 Å². The quantitative estimate of drug-likeness (QED) is 0.495. The highest BCUT2D eigenvalue weighted by Crippen LogP contribution is 2.33. The van der Waals surface area contributed by atoms with E-state index in [1.54, 1.807) is 0 Å². The maximum atomic E-state index is 12.2. The van der Waals surface area contributed by atoms with Crippen LogP contribution in [0.2, 0.25) is 0 Å². The van der Waals surface area contributed by atoms with Gasteiger partial charge < -0.3 is 4.90 Å². The number of amides is 1. The van der Waals surface area contributed by atoms with Gasteiger partial charge in [0.05, 0.1) is 22.7 Å². The first-order valence-electron chi connectivity index (χ1n) is 6.68. The number of anilines is 1. The summed E-state index contributed by atoms with van der Waals surface area (Å²) in [7, 11) is 0. The Morgan fingerprint density at radius 1 is 1.14 bits per heavy atom. The lowest BCUT2D eigenvalue weighted by Gasteiger charge is -2.17. The zero-order valence-corrected chi connectivity index (χ0v) is 11.8. The van der Waals surface area contributed by atoms with Gasteiger partial charge in [0.2, 0.25) is 0 Å². The number of benzene rings is 2. The lowest BCUT2D eigenvalue weighted by Crippen LogP contribution is -2.29. The summed E-state index contributed by atoms with van der Waals surface area (Å²) in [6, 6.07) is 11.5. The third-order valence-corrected chi connectivity index (χ3v) is 3.76. The van der Waals surface area contributed by atoms with Crippen LogP contribution in [0.3, 0.4) is 0 Å². The van der Waals surface area contributed by atoms with Gasteiger partial charge in [-0.3, -0.25) is 19.7 Å². The summed E-state index contributed by atoms with van der Waals surface area (Å²) in [6.45, 7) is 2.19. The molecule has 1 heterocycles. The molecule has 22 heavy (non-hydrogen) atoms. The number of hydrogen-bond acceptors (Lipinski definition) is 4. The van der Waals surface area contributed by atoms with E-state index < -0.39 is 16.6 Å². The van der Waals surface area contributed by atoms with Crippen LogP contribution in [0, 0.1) is 17.0 Å². The summed E-state index contributed by atoms with van der Waals surface area (Å²) in [5.74, 6) is -1.36. The third-order valence-electron chi connectivity index (χ3n) is 3.76. The van der Waals surface area contributed by atoms with Crippen LogP contribution in [0.4, 0.5) is 11.4 Å². The molecule has 2 aromatic carbocycles. The molecular weight excluding hydrogens is 284 g/mol. The number of nitro groups is 1. The summed E-state index contributed by atoms with van der Waals surface area (Å²) in [4.78, 5) is 35.8. The number of non-ortho nitro benzene ring substituents is 1. The first-order chi connectivity index (χ1) is 10.5. The van der Waals surface area contributed by atoms with Gasteiger partial charge in [0.25, 0.3) is 17.4 Å². The molecule has 0 bridgehead atoms. The van der Waals surface area contributed by atoms with Crippen molar-refractivity contribution in [2.24, 2.45) is 0 Å². The fourth-order valence-electron chi connectivity index (χ4n) is 2.52. The van der Waals surface area contributed by atoms with Gasteiger partial charge in [-0.05, 0) is 24.1 Å². The minimum Gasteiger partial charge on any atom is -0.300 e. The topological polar surface area (TPSA) is 80.5 Å². The number of aryl methyl sites for hydroxylation is 1. The molecular formula is C16H12N2O4. The van der Waals surface area contributed by atoms with Crippen LogP contribution < -0.4 is 4.90 Å². The average molecular weight is 296 g/mol. The van der Waals surface area contributed by atoms with E-state index in [9.17, 15) is 19.7 Å². The molecule has 6 nitrogen and oxygen atoms in total. The van der Waals surface area contributed by atoms with E-state index in [4.69, 9.17) is 0 Å². The maximum absolute atomic E-state index is 12.2. The lowest BCUT2D eigenvalue weighted by molar-refractivity contribution is -0.384. The largest absolute Gasteiger partial charge is 0.300 e. The first kappa shape index (κ1) is 13.9. The Hall–Kier alpha value is -3.02. The second-order valence-corrected chi connectivity index (χ2v) is 5.11. The van der Waals surface area contributed by atoms with Crippen molar-refractivity contribution >= 4 is 23.1 Å². The zero-order valence-electron chi connectivity index (χ0n) is 11.8. The van der Waals surface area contributed by atoms with E-state index in [0.29, 0.717) is 5.69 Å². The Labute approximate surface area is 126 Å². The van der Waals surface area contributed by atoms with Crippen LogP contribution in [0.5, 0.6) is 0 Å². The van der Waals surface area contributed by atoms with E-state index >= 15 is 0 Å². The highest BCUT2D eigenvalue weighted by atomic mass is 16.6. The second-order valence-electron chi connectivity index (χ2n) is 5.11. The van der Waals surface area contributed by atoms with Gasteiger partial charge in [-0.2, -0.15) is 0 Å². The Kier molecular flexibility index (Phi) is 3.21. The summed E-state index contributed by atoms with van der Waals surface area (Å²) in [6.07, 6.45) is 0. The molecule has 0 saturated carbocycles. The lowest BCUT2D eigenvalue weighted by atomic mass is 10.1. The Morgan fingerprint density at radius 2 is 1.86 bits per heavy atom.